The SMILES string of the molecule is CC(C(=O)NCc1ccccc1OC(F)(F)F)n1nc2c(cc1=O)CCC2. The minimum absolute atomic E-state index is 0.171. The molecule has 1 heterocycles. The van der Waals surface area contributed by atoms with E-state index >= 15 is 0 Å². The zero-order chi connectivity index (χ0) is 19.6. The Kier molecular flexibility index (Phi) is 5.20. The second kappa shape index (κ2) is 7.42. The topological polar surface area (TPSA) is 73.2 Å². The van der Waals surface area contributed by atoms with Crippen molar-refractivity contribution >= 4 is 5.91 Å². The Labute approximate surface area is 153 Å². The third-order valence-corrected chi connectivity index (χ3v) is 4.38. The van der Waals surface area contributed by atoms with Crippen molar-refractivity contribution < 1.29 is 22.7 Å². The highest BCUT2D eigenvalue weighted by Crippen LogP contribution is 2.26. The molecule has 0 spiro atoms. The summed E-state index contributed by atoms with van der Waals surface area (Å²) in [6.07, 6.45) is -2.35. The molecule has 0 radical (unpaired) electrons. The molecule has 2 aromatic rings. The average molecular weight is 381 g/mol. The molecule has 0 fully saturated rings. The number of para-hydroxylation sites is 1. The highest BCUT2D eigenvalue weighted by molar-refractivity contribution is 5.79. The predicted octanol–water partition coefficient (Wildman–Crippen LogP) is 2.51. The summed E-state index contributed by atoms with van der Waals surface area (Å²) in [4.78, 5) is 24.6. The van der Waals surface area contributed by atoms with Crippen LogP contribution in [0.2, 0.25) is 0 Å². The monoisotopic (exact) mass is 381 g/mol. The molecular weight excluding hydrogens is 363 g/mol. The number of nitrogens with one attached hydrogen (secondary N) is 1. The van der Waals surface area contributed by atoms with Crippen molar-refractivity contribution in [2.75, 3.05) is 0 Å². The van der Waals surface area contributed by atoms with Gasteiger partial charge in [0.1, 0.15) is 11.8 Å². The lowest BCUT2D eigenvalue weighted by molar-refractivity contribution is -0.274. The Morgan fingerprint density at radius 1 is 1.33 bits per heavy atom. The predicted molar refractivity (Wildman–Crippen MR) is 90.2 cm³/mol. The fourth-order valence-corrected chi connectivity index (χ4v) is 3.01. The molecular formula is C18H18F3N3O3. The summed E-state index contributed by atoms with van der Waals surface area (Å²) >= 11 is 0. The van der Waals surface area contributed by atoms with Crippen LogP contribution in [0.4, 0.5) is 13.2 Å². The number of ether oxygens (including phenoxy) is 1. The molecule has 0 aliphatic heterocycles. The standard InChI is InChI=1S/C18H18F3N3O3/c1-11(24-16(25)9-12-6-4-7-14(12)23-24)17(26)22-10-13-5-2-3-8-15(13)27-18(19,20)21/h2-3,5,8-9,11H,4,6-7,10H2,1H3,(H,22,26). The lowest BCUT2D eigenvalue weighted by Gasteiger charge is -2.17. The van der Waals surface area contributed by atoms with Gasteiger partial charge in [-0.25, -0.2) is 4.68 Å². The molecule has 144 valence electrons. The minimum atomic E-state index is -4.82. The number of rotatable bonds is 5. The van der Waals surface area contributed by atoms with Gasteiger partial charge in [-0.2, -0.15) is 5.10 Å². The second-order valence-corrected chi connectivity index (χ2v) is 6.30. The number of fused-ring (bicyclic) bond motifs is 1. The quantitative estimate of drug-likeness (QED) is 0.864. The van der Waals surface area contributed by atoms with Gasteiger partial charge < -0.3 is 10.1 Å². The van der Waals surface area contributed by atoms with E-state index in [9.17, 15) is 22.8 Å². The molecule has 1 atom stereocenters. The van der Waals surface area contributed by atoms with E-state index in [2.05, 4.69) is 15.2 Å². The molecule has 1 aliphatic carbocycles. The van der Waals surface area contributed by atoms with Crippen LogP contribution in [0.5, 0.6) is 5.75 Å². The van der Waals surface area contributed by atoms with E-state index in [0.717, 1.165) is 35.2 Å². The summed E-state index contributed by atoms with van der Waals surface area (Å²) in [7, 11) is 0. The van der Waals surface area contributed by atoms with Crippen molar-refractivity contribution in [2.45, 2.75) is 45.1 Å². The van der Waals surface area contributed by atoms with Crippen LogP contribution in [-0.4, -0.2) is 22.1 Å². The maximum absolute atomic E-state index is 12.5. The van der Waals surface area contributed by atoms with Crippen LogP contribution in [0.3, 0.4) is 0 Å². The lowest BCUT2D eigenvalue weighted by Crippen LogP contribution is -2.37. The number of halogens is 3. The third-order valence-electron chi connectivity index (χ3n) is 4.38. The van der Waals surface area contributed by atoms with Crippen LogP contribution < -0.4 is 15.6 Å². The summed E-state index contributed by atoms with van der Waals surface area (Å²) < 4.78 is 42.5. The molecule has 1 aromatic heterocycles. The molecule has 0 saturated heterocycles. The van der Waals surface area contributed by atoms with Gasteiger partial charge in [0, 0.05) is 18.2 Å². The molecule has 0 saturated carbocycles. The first-order valence-electron chi connectivity index (χ1n) is 8.47. The number of aryl methyl sites for hydroxylation is 2. The number of carbonyl (C=O) groups is 1. The highest BCUT2D eigenvalue weighted by Gasteiger charge is 2.32. The smallest absolute Gasteiger partial charge is 0.405 e. The van der Waals surface area contributed by atoms with Crippen molar-refractivity contribution in [3.8, 4) is 5.75 Å². The first kappa shape index (κ1) is 18.9. The summed E-state index contributed by atoms with van der Waals surface area (Å²) in [5.74, 6) is -0.907. The van der Waals surface area contributed by atoms with Crippen molar-refractivity contribution in [1.29, 1.82) is 0 Å². The fourth-order valence-electron chi connectivity index (χ4n) is 3.01. The molecule has 9 heteroatoms. The normalized spacial score (nSPS) is 14.5. The van der Waals surface area contributed by atoms with Gasteiger partial charge in [0.05, 0.1) is 5.69 Å². The zero-order valence-electron chi connectivity index (χ0n) is 14.5. The van der Waals surface area contributed by atoms with Crippen molar-refractivity contribution in [1.82, 2.24) is 15.1 Å². The van der Waals surface area contributed by atoms with Crippen molar-refractivity contribution in [3.05, 3.63) is 57.5 Å². The lowest BCUT2D eigenvalue weighted by atomic mass is 10.2. The van der Waals surface area contributed by atoms with Gasteiger partial charge in [-0.1, -0.05) is 18.2 Å². The van der Waals surface area contributed by atoms with E-state index in [4.69, 9.17) is 0 Å². The Hall–Kier alpha value is -2.84. The van der Waals surface area contributed by atoms with Gasteiger partial charge in [-0.05, 0) is 37.8 Å². The fraction of sp³-hybridized carbons (Fsp3) is 0.389. The number of carbonyl (C=O) groups excluding carboxylic acids is 1. The zero-order valence-corrected chi connectivity index (χ0v) is 14.5. The molecule has 1 unspecified atom stereocenters. The van der Waals surface area contributed by atoms with Gasteiger partial charge in [-0.3, -0.25) is 9.59 Å². The number of alkyl halides is 3. The third kappa shape index (κ3) is 4.47. The average Bonchev–Trinajstić information content (AvgIpc) is 3.05. The summed E-state index contributed by atoms with van der Waals surface area (Å²) in [5.41, 5.74) is 1.50. The number of hydrogen-bond donors (Lipinski definition) is 1. The molecule has 27 heavy (non-hydrogen) atoms. The number of nitrogens with zero attached hydrogens (tertiary/aromatic N) is 2. The molecule has 1 aromatic carbocycles. The van der Waals surface area contributed by atoms with E-state index in [0.29, 0.717) is 0 Å². The van der Waals surface area contributed by atoms with Crippen LogP contribution >= 0.6 is 0 Å². The van der Waals surface area contributed by atoms with E-state index in [1.807, 2.05) is 0 Å². The molecule has 1 aliphatic rings. The summed E-state index contributed by atoms with van der Waals surface area (Å²) in [5, 5.41) is 6.80. The van der Waals surface area contributed by atoms with E-state index in [1.165, 1.54) is 31.2 Å². The maximum Gasteiger partial charge on any atom is 0.573 e. The number of aromatic nitrogens is 2. The Bertz CT molecular complexity index is 909. The molecule has 0 bridgehead atoms. The Morgan fingerprint density at radius 3 is 2.81 bits per heavy atom. The minimum Gasteiger partial charge on any atom is -0.405 e. The molecule has 1 amide bonds. The molecule has 6 nitrogen and oxygen atoms in total. The summed E-state index contributed by atoms with van der Waals surface area (Å²) in [6.45, 7) is 1.35. The van der Waals surface area contributed by atoms with E-state index < -0.39 is 18.3 Å². The van der Waals surface area contributed by atoms with Crippen LogP contribution in [0.15, 0.2) is 35.1 Å². The van der Waals surface area contributed by atoms with Gasteiger partial charge in [-0.15, -0.1) is 13.2 Å². The van der Waals surface area contributed by atoms with Crippen LogP contribution in [0, 0.1) is 0 Å². The van der Waals surface area contributed by atoms with E-state index in [-0.39, 0.29) is 23.4 Å². The Balaban J connectivity index is 1.71. The summed E-state index contributed by atoms with van der Waals surface area (Å²) in [6, 6.07) is 6.14. The number of benzene rings is 1. The largest absolute Gasteiger partial charge is 0.573 e. The molecule has 3 rings (SSSR count). The van der Waals surface area contributed by atoms with E-state index in [1.54, 1.807) is 6.07 Å². The van der Waals surface area contributed by atoms with Gasteiger partial charge >= 0.3 is 6.36 Å². The van der Waals surface area contributed by atoms with Crippen LogP contribution in [0.1, 0.15) is 36.2 Å². The molecule has 1 N–H and O–H groups in total. The number of amides is 1. The second-order valence-electron chi connectivity index (χ2n) is 6.30. The first-order chi connectivity index (χ1) is 12.7. The van der Waals surface area contributed by atoms with Crippen molar-refractivity contribution in [2.24, 2.45) is 0 Å². The maximum atomic E-state index is 12.5. The van der Waals surface area contributed by atoms with Gasteiger partial charge in [0.25, 0.3) is 5.56 Å². The van der Waals surface area contributed by atoms with Crippen LogP contribution in [0.25, 0.3) is 0 Å². The Morgan fingerprint density at radius 2 is 2.07 bits per heavy atom. The van der Waals surface area contributed by atoms with Gasteiger partial charge in [0.2, 0.25) is 5.91 Å². The van der Waals surface area contributed by atoms with Crippen molar-refractivity contribution in [3.63, 3.8) is 0 Å². The van der Waals surface area contributed by atoms with Gasteiger partial charge in [0.15, 0.2) is 0 Å². The highest BCUT2D eigenvalue weighted by atomic mass is 19.4. The number of hydrogen-bond acceptors (Lipinski definition) is 4. The van der Waals surface area contributed by atoms with Crippen LogP contribution in [-0.2, 0) is 24.2 Å². The first-order valence-corrected chi connectivity index (χ1v) is 8.47.